The predicted molar refractivity (Wildman–Crippen MR) is 94.6 cm³/mol. The number of nitrogens with zero attached hydrogens (tertiary/aromatic N) is 2. The van der Waals surface area contributed by atoms with Crippen LogP contribution in [0.3, 0.4) is 0 Å². The molecule has 0 unspecified atom stereocenters. The minimum Gasteiger partial charge on any atom is -0.192 e. The van der Waals surface area contributed by atoms with E-state index < -0.39 is 0 Å². The predicted octanol–water partition coefficient (Wildman–Crippen LogP) is 5.31. The molecule has 0 radical (unpaired) electrons. The first-order valence-corrected chi connectivity index (χ1v) is 7.67. The molecule has 0 aromatic rings. The molecule has 110 valence electrons. The first-order chi connectivity index (χ1) is 11.8. The lowest BCUT2D eigenvalue weighted by Crippen LogP contribution is -1.79. The van der Waals surface area contributed by atoms with Gasteiger partial charge in [-0.05, 0) is 28.8 Å². The maximum atomic E-state index is 9.72. The van der Waals surface area contributed by atoms with E-state index in [2.05, 4.69) is 12.1 Å². The Morgan fingerprint density at radius 2 is 1.21 bits per heavy atom. The quantitative estimate of drug-likeness (QED) is 0.478. The van der Waals surface area contributed by atoms with Crippen molar-refractivity contribution in [3.8, 4) is 45.5 Å². The Kier molecular flexibility index (Phi) is 3.23. The van der Waals surface area contributed by atoms with Crippen LogP contribution in [0.2, 0.25) is 0 Å². The molecule has 0 heterocycles. The maximum Gasteiger partial charge on any atom is 0.100 e. The molecule has 0 aliphatic heterocycles. The molecule has 0 N–H and O–H groups in total. The van der Waals surface area contributed by atoms with Crippen molar-refractivity contribution in [3.05, 3.63) is 83.9 Å². The van der Waals surface area contributed by atoms with Crippen molar-refractivity contribution in [2.45, 2.75) is 0 Å². The number of rotatable bonds is 1. The van der Waals surface area contributed by atoms with Crippen LogP contribution in [0.4, 0.5) is 0 Å². The highest BCUT2D eigenvalue weighted by molar-refractivity contribution is 5.97. The van der Waals surface area contributed by atoms with Gasteiger partial charge in [-0.3, -0.25) is 0 Å². The Morgan fingerprint density at radius 3 is 1.92 bits per heavy atom. The van der Waals surface area contributed by atoms with Gasteiger partial charge in [0, 0.05) is 16.7 Å². The summed E-state index contributed by atoms with van der Waals surface area (Å²) < 4.78 is 0. The summed E-state index contributed by atoms with van der Waals surface area (Å²) in [6.07, 6.45) is 0. The van der Waals surface area contributed by atoms with E-state index in [9.17, 15) is 10.5 Å². The van der Waals surface area contributed by atoms with Gasteiger partial charge in [-0.25, -0.2) is 0 Å². The maximum absolute atomic E-state index is 9.72. The number of nitriles is 2. The zero-order valence-electron chi connectivity index (χ0n) is 12.8. The Hall–Kier alpha value is -3.62. The second kappa shape index (κ2) is 5.54. The minimum atomic E-state index is 0.635. The Morgan fingerprint density at radius 1 is 0.542 bits per heavy atom. The second-order valence-corrected chi connectivity index (χ2v) is 5.65. The van der Waals surface area contributed by atoms with Gasteiger partial charge in [0.1, 0.15) is 6.07 Å². The van der Waals surface area contributed by atoms with Gasteiger partial charge in [-0.1, -0.05) is 60.7 Å². The summed E-state index contributed by atoms with van der Waals surface area (Å²) in [7, 11) is 0. The van der Waals surface area contributed by atoms with Gasteiger partial charge < -0.3 is 0 Å². The molecular weight excluding hydrogens is 292 g/mol. The molecule has 0 amide bonds. The highest BCUT2D eigenvalue weighted by Gasteiger charge is 2.22. The average Bonchev–Trinajstić information content (AvgIpc) is 2.88. The lowest BCUT2D eigenvalue weighted by atomic mass is 10.0. The minimum absolute atomic E-state index is 0.635. The molecule has 4 aliphatic carbocycles. The number of hydrogen-bond donors (Lipinski definition) is 0. The van der Waals surface area contributed by atoms with Gasteiger partial charge in [0.25, 0.3) is 0 Å². The molecule has 4 rings (SSSR count). The van der Waals surface area contributed by atoms with Crippen LogP contribution in [0.25, 0.3) is 33.4 Å². The van der Waals surface area contributed by atoms with Crippen molar-refractivity contribution in [2.24, 2.45) is 0 Å². The third kappa shape index (κ3) is 2.02. The number of hydrogen-bond acceptors (Lipinski definition) is 2. The molecule has 2 heteroatoms. The Bertz CT molecular complexity index is 1080. The van der Waals surface area contributed by atoms with Gasteiger partial charge in [0.2, 0.25) is 0 Å². The summed E-state index contributed by atoms with van der Waals surface area (Å²) in [6, 6.07) is 28.2. The SMILES string of the molecule is N#Cc1cc(-c2cc3cccccc-3c2C#N)c2cccccc1-2. The van der Waals surface area contributed by atoms with Gasteiger partial charge in [0.15, 0.2) is 0 Å². The summed E-state index contributed by atoms with van der Waals surface area (Å²) in [5.74, 6) is 0. The van der Waals surface area contributed by atoms with E-state index in [1.54, 1.807) is 0 Å². The number of fused-ring (bicyclic) bond motifs is 2. The molecule has 0 spiro atoms. The molecule has 0 aromatic carbocycles. The highest BCUT2D eigenvalue weighted by Crippen LogP contribution is 2.44. The van der Waals surface area contributed by atoms with E-state index in [4.69, 9.17) is 0 Å². The summed E-state index contributed by atoms with van der Waals surface area (Å²) in [5, 5.41) is 19.2. The lowest BCUT2D eigenvalue weighted by Gasteiger charge is -2.00. The van der Waals surface area contributed by atoms with Crippen molar-refractivity contribution >= 4 is 0 Å². The van der Waals surface area contributed by atoms with Crippen molar-refractivity contribution < 1.29 is 0 Å². The monoisotopic (exact) mass is 304 g/mol. The van der Waals surface area contributed by atoms with E-state index in [-0.39, 0.29) is 0 Å². The fourth-order valence-electron chi connectivity index (χ4n) is 3.25. The van der Waals surface area contributed by atoms with Gasteiger partial charge >= 0.3 is 0 Å². The van der Waals surface area contributed by atoms with Crippen LogP contribution in [0.15, 0.2) is 72.8 Å². The van der Waals surface area contributed by atoms with E-state index in [1.165, 1.54) is 0 Å². The van der Waals surface area contributed by atoms with Crippen LogP contribution in [-0.2, 0) is 0 Å². The third-order valence-electron chi connectivity index (χ3n) is 4.34. The molecule has 24 heavy (non-hydrogen) atoms. The summed E-state index contributed by atoms with van der Waals surface area (Å²) in [5.41, 5.74) is 6.99. The molecule has 4 aliphatic rings. The summed E-state index contributed by atoms with van der Waals surface area (Å²) in [4.78, 5) is 0. The van der Waals surface area contributed by atoms with E-state index in [1.807, 2.05) is 72.8 Å². The fraction of sp³-hybridized carbons (Fsp3) is 0. The second-order valence-electron chi connectivity index (χ2n) is 5.65. The largest absolute Gasteiger partial charge is 0.192 e. The standard InChI is InChI=1S/C22H12N2/c23-13-16-12-20(19-10-6-2-5-9-18(16)19)21-11-15-7-3-1-4-8-17(15)22(21)14-24/h1-12H. The van der Waals surface area contributed by atoms with Crippen LogP contribution >= 0.6 is 0 Å². The third-order valence-corrected chi connectivity index (χ3v) is 4.34. The van der Waals surface area contributed by atoms with Crippen LogP contribution in [0, 0.1) is 22.7 Å². The Balaban J connectivity index is 2.08. The molecule has 0 aromatic heterocycles. The molecule has 2 nitrogen and oxygen atoms in total. The normalized spacial score (nSPS) is 10.4. The van der Waals surface area contributed by atoms with Crippen molar-refractivity contribution in [2.75, 3.05) is 0 Å². The molecule has 0 fully saturated rings. The van der Waals surface area contributed by atoms with Crippen LogP contribution in [-0.4, -0.2) is 0 Å². The topological polar surface area (TPSA) is 47.6 Å². The summed E-state index contributed by atoms with van der Waals surface area (Å²) in [6.45, 7) is 0. The van der Waals surface area contributed by atoms with Crippen molar-refractivity contribution in [3.63, 3.8) is 0 Å². The highest BCUT2D eigenvalue weighted by atomic mass is 14.3. The van der Waals surface area contributed by atoms with E-state index >= 15 is 0 Å². The first kappa shape index (κ1) is 14.0. The van der Waals surface area contributed by atoms with E-state index in [0.29, 0.717) is 11.1 Å². The smallest absolute Gasteiger partial charge is 0.100 e. The molecule has 0 saturated carbocycles. The van der Waals surface area contributed by atoms with Gasteiger partial charge in [0.05, 0.1) is 17.2 Å². The van der Waals surface area contributed by atoms with E-state index in [0.717, 1.165) is 33.4 Å². The molecule has 0 saturated heterocycles. The zero-order valence-corrected chi connectivity index (χ0v) is 12.8. The van der Waals surface area contributed by atoms with Gasteiger partial charge in [-0.15, -0.1) is 0 Å². The fourth-order valence-corrected chi connectivity index (χ4v) is 3.25. The van der Waals surface area contributed by atoms with Crippen molar-refractivity contribution in [1.29, 1.82) is 10.5 Å². The Labute approximate surface area is 140 Å². The first-order valence-electron chi connectivity index (χ1n) is 7.67. The van der Waals surface area contributed by atoms with Crippen molar-refractivity contribution in [1.82, 2.24) is 0 Å². The average molecular weight is 304 g/mol. The van der Waals surface area contributed by atoms with Crippen LogP contribution in [0.1, 0.15) is 11.1 Å². The molecule has 0 bridgehead atoms. The zero-order chi connectivity index (χ0) is 16.5. The van der Waals surface area contributed by atoms with Crippen LogP contribution in [0.5, 0.6) is 0 Å². The lowest BCUT2D eigenvalue weighted by molar-refractivity contribution is 1.50. The summed E-state index contributed by atoms with van der Waals surface area (Å²) >= 11 is 0. The molecular formula is C22H12N2. The molecule has 0 atom stereocenters. The van der Waals surface area contributed by atoms with Crippen LogP contribution < -0.4 is 0 Å². The van der Waals surface area contributed by atoms with Gasteiger partial charge in [-0.2, -0.15) is 10.5 Å².